The number of hydrogen-bond donors (Lipinski definition) is 1. The van der Waals surface area contributed by atoms with Crippen molar-refractivity contribution in [2.75, 3.05) is 13.1 Å². The quantitative estimate of drug-likeness (QED) is 0.856. The molecule has 1 unspecified atom stereocenters. The first-order valence-electron chi connectivity index (χ1n) is 5.58. The van der Waals surface area contributed by atoms with E-state index in [9.17, 15) is 9.18 Å². The van der Waals surface area contributed by atoms with Crippen LogP contribution < -0.4 is 5.73 Å². The third-order valence-corrected chi connectivity index (χ3v) is 3.55. The van der Waals surface area contributed by atoms with Gasteiger partial charge in [-0.3, -0.25) is 4.79 Å². The lowest BCUT2D eigenvalue weighted by Crippen LogP contribution is -2.45. The molecule has 0 saturated carbocycles. The Bertz CT molecular complexity index is 444. The van der Waals surface area contributed by atoms with Crippen LogP contribution in [0.5, 0.6) is 0 Å². The SMILES string of the molecule is Cl.NC1CCCN(C(=O)c2ccc(Br)c(F)c2)C1. The zero-order chi connectivity index (χ0) is 12.4. The van der Waals surface area contributed by atoms with Crippen LogP contribution in [0.25, 0.3) is 0 Å². The molecule has 1 amide bonds. The summed E-state index contributed by atoms with van der Waals surface area (Å²) < 4.78 is 13.7. The average molecular weight is 338 g/mol. The molecule has 6 heteroatoms. The highest BCUT2D eigenvalue weighted by Gasteiger charge is 2.22. The Morgan fingerprint density at radius 3 is 2.83 bits per heavy atom. The molecule has 3 nitrogen and oxygen atoms in total. The molecule has 1 fully saturated rings. The van der Waals surface area contributed by atoms with E-state index in [4.69, 9.17) is 5.73 Å². The van der Waals surface area contributed by atoms with Crippen molar-refractivity contribution < 1.29 is 9.18 Å². The molecule has 0 aromatic heterocycles. The van der Waals surface area contributed by atoms with Gasteiger partial charge in [0.15, 0.2) is 0 Å². The number of benzene rings is 1. The van der Waals surface area contributed by atoms with E-state index >= 15 is 0 Å². The Kier molecular flexibility index (Phi) is 5.56. The number of nitrogens with two attached hydrogens (primary N) is 1. The van der Waals surface area contributed by atoms with Crippen LogP contribution in [0.3, 0.4) is 0 Å². The number of likely N-dealkylation sites (tertiary alicyclic amines) is 1. The van der Waals surface area contributed by atoms with Gasteiger partial charge >= 0.3 is 0 Å². The van der Waals surface area contributed by atoms with Crippen molar-refractivity contribution in [3.05, 3.63) is 34.1 Å². The van der Waals surface area contributed by atoms with Crippen LogP contribution in [-0.2, 0) is 0 Å². The van der Waals surface area contributed by atoms with Gasteiger partial charge in [-0.05, 0) is 47.0 Å². The van der Waals surface area contributed by atoms with Gasteiger partial charge in [-0.15, -0.1) is 12.4 Å². The van der Waals surface area contributed by atoms with Gasteiger partial charge in [-0.1, -0.05) is 0 Å². The number of halogens is 3. The number of hydrogen-bond acceptors (Lipinski definition) is 2. The topological polar surface area (TPSA) is 46.3 Å². The summed E-state index contributed by atoms with van der Waals surface area (Å²) in [6.45, 7) is 1.25. The second-order valence-electron chi connectivity index (χ2n) is 4.28. The smallest absolute Gasteiger partial charge is 0.254 e. The van der Waals surface area contributed by atoms with Crippen LogP contribution >= 0.6 is 28.3 Å². The summed E-state index contributed by atoms with van der Waals surface area (Å²) in [6.07, 6.45) is 1.85. The van der Waals surface area contributed by atoms with Crippen LogP contribution in [0.2, 0.25) is 0 Å². The van der Waals surface area contributed by atoms with Crippen LogP contribution in [-0.4, -0.2) is 29.9 Å². The molecule has 100 valence electrons. The highest BCUT2D eigenvalue weighted by molar-refractivity contribution is 9.10. The van der Waals surface area contributed by atoms with Crippen LogP contribution in [0.1, 0.15) is 23.2 Å². The minimum Gasteiger partial charge on any atom is -0.337 e. The fourth-order valence-corrected chi connectivity index (χ4v) is 2.25. The molecule has 1 saturated heterocycles. The van der Waals surface area contributed by atoms with Crippen molar-refractivity contribution in [1.82, 2.24) is 4.90 Å². The van der Waals surface area contributed by atoms with E-state index in [-0.39, 0.29) is 24.4 Å². The van der Waals surface area contributed by atoms with Gasteiger partial charge in [-0.25, -0.2) is 4.39 Å². The summed E-state index contributed by atoms with van der Waals surface area (Å²) in [6, 6.07) is 4.46. The first-order valence-corrected chi connectivity index (χ1v) is 6.37. The standard InChI is InChI=1S/C12H14BrFN2O.ClH/c13-10-4-3-8(6-11(10)14)12(17)16-5-1-2-9(15)7-16;/h3-4,6,9H,1-2,5,7,15H2;1H. The number of carbonyl (C=O) groups is 1. The fraction of sp³-hybridized carbons (Fsp3) is 0.417. The Morgan fingerprint density at radius 2 is 2.22 bits per heavy atom. The summed E-state index contributed by atoms with van der Waals surface area (Å²) in [5, 5.41) is 0. The zero-order valence-corrected chi connectivity index (χ0v) is 12.1. The summed E-state index contributed by atoms with van der Waals surface area (Å²) in [5.41, 5.74) is 6.19. The van der Waals surface area contributed by atoms with Crippen molar-refractivity contribution in [2.24, 2.45) is 5.73 Å². The number of nitrogens with zero attached hydrogens (tertiary/aromatic N) is 1. The van der Waals surface area contributed by atoms with Crippen molar-refractivity contribution in [3.63, 3.8) is 0 Å². The van der Waals surface area contributed by atoms with Crippen LogP contribution in [0.15, 0.2) is 22.7 Å². The second-order valence-corrected chi connectivity index (χ2v) is 5.14. The second kappa shape index (κ2) is 6.50. The monoisotopic (exact) mass is 336 g/mol. The fourth-order valence-electron chi connectivity index (χ4n) is 2.01. The molecule has 1 aromatic rings. The molecule has 1 aliphatic heterocycles. The maximum absolute atomic E-state index is 13.3. The maximum atomic E-state index is 13.3. The number of piperidine rings is 1. The maximum Gasteiger partial charge on any atom is 0.254 e. The van der Waals surface area contributed by atoms with Crippen molar-refractivity contribution >= 4 is 34.2 Å². The van der Waals surface area contributed by atoms with E-state index < -0.39 is 5.82 Å². The molecular weight excluding hydrogens is 322 g/mol. The van der Waals surface area contributed by atoms with E-state index in [0.29, 0.717) is 23.1 Å². The van der Waals surface area contributed by atoms with Gasteiger partial charge in [0.1, 0.15) is 5.82 Å². The molecule has 1 aliphatic rings. The summed E-state index contributed by atoms with van der Waals surface area (Å²) >= 11 is 3.06. The summed E-state index contributed by atoms with van der Waals surface area (Å²) in [7, 11) is 0. The average Bonchev–Trinajstić information content (AvgIpc) is 2.32. The van der Waals surface area contributed by atoms with Crippen LogP contribution in [0, 0.1) is 5.82 Å². The minimum atomic E-state index is -0.419. The lowest BCUT2D eigenvalue weighted by molar-refractivity contribution is 0.0708. The lowest BCUT2D eigenvalue weighted by atomic mass is 10.1. The molecule has 1 heterocycles. The highest BCUT2D eigenvalue weighted by Crippen LogP contribution is 2.19. The first kappa shape index (κ1) is 15.4. The normalized spacial score (nSPS) is 19.3. The zero-order valence-electron chi connectivity index (χ0n) is 9.73. The molecule has 1 atom stereocenters. The van der Waals surface area contributed by atoms with Gasteiger partial charge in [0.2, 0.25) is 0 Å². The van der Waals surface area contributed by atoms with E-state index in [0.717, 1.165) is 12.8 Å². The molecule has 0 spiro atoms. The highest BCUT2D eigenvalue weighted by atomic mass is 79.9. The largest absolute Gasteiger partial charge is 0.337 e. The predicted octanol–water partition coefficient (Wildman–Crippen LogP) is 2.57. The number of amides is 1. The van der Waals surface area contributed by atoms with E-state index in [1.165, 1.54) is 6.07 Å². The summed E-state index contributed by atoms with van der Waals surface area (Å²) in [4.78, 5) is 13.8. The van der Waals surface area contributed by atoms with Crippen LogP contribution in [0.4, 0.5) is 4.39 Å². The Hall–Kier alpha value is -0.650. The Labute approximate surface area is 120 Å². The number of rotatable bonds is 1. The van der Waals surface area contributed by atoms with Gasteiger partial charge in [0, 0.05) is 24.7 Å². The molecule has 2 rings (SSSR count). The molecule has 0 radical (unpaired) electrons. The number of carbonyl (C=O) groups excluding carboxylic acids is 1. The third-order valence-electron chi connectivity index (χ3n) is 2.91. The molecule has 0 bridgehead atoms. The Balaban J connectivity index is 0.00000162. The molecule has 0 aliphatic carbocycles. The van der Waals surface area contributed by atoms with Gasteiger partial charge in [0.05, 0.1) is 4.47 Å². The lowest BCUT2D eigenvalue weighted by Gasteiger charge is -2.30. The minimum absolute atomic E-state index is 0. The van der Waals surface area contributed by atoms with E-state index in [2.05, 4.69) is 15.9 Å². The van der Waals surface area contributed by atoms with Crippen molar-refractivity contribution in [2.45, 2.75) is 18.9 Å². The first-order chi connectivity index (χ1) is 8.08. The van der Waals surface area contributed by atoms with Crippen molar-refractivity contribution in [1.29, 1.82) is 0 Å². The van der Waals surface area contributed by atoms with Gasteiger partial charge < -0.3 is 10.6 Å². The summed E-state index contributed by atoms with van der Waals surface area (Å²) in [5.74, 6) is -0.566. The van der Waals surface area contributed by atoms with Gasteiger partial charge in [0.25, 0.3) is 5.91 Å². The predicted molar refractivity (Wildman–Crippen MR) is 74.5 cm³/mol. The molecule has 1 aromatic carbocycles. The molecule has 2 N–H and O–H groups in total. The van der Waals surface area contributed by atoms with E-state index in [1.807, 2.05) is 0 Å². The van der Waals surface area contributed by atoms with Gasteiger partial charge in [-0.2, -0.15) is 0 Å². The Morgan fingerprint density at radius 1 is 1.50 bits per heavy atom. The third kappa shape index (κ3) is 3.43. The van der Waals surface area contributed by atoms with E-state index in [1.54, 1.807) is 17.0 Å². The van der Waals surface area contributed by atoms with Crippen molar-refractivity contribution in [3.8, 4) is 0 Å². The molecular formula is C12H15BrClFN2O. The molecule has 18 heavy (non-hydrogen) atoms.